The number of rotatable bonds is 6. The standard InChI is InChI=1S/C16H29N3O/c1-12(2)8-17-9-15-7-16(20-18-15)11-19-6-5-13(3)14(4)10-19/h7,12-14,17H,5-6,8-11H2,1-4H3. The third kappa shape index (κ3) is 4.60. The Bertz CT molecular complexity index is 402. The maximum Gasteiger partial charge on any atom is 0.151 e. The van der Waals surface area contributed by atoms with E-state index in [0.717, 1.165) is 42.9 Å². The van der Waals surface area contributed by atoms with Crippen LogP contribution in [0.1, 0.15) is 45.6 Å². The van der Waals surface area contributed by atoms with Crippen LogP contribution in [0.4, 0.5) is 0 Å². The quantitative estimate of drug-likeness (QED) is 0.869. The Morgan fingerprint density at radius 1 is 1.40 bits per heavy atom. The van der Waals surface area contributed by atoms with Crippen molar-refractivity contribution in [1.29, 1.82) is 0 Å². The summed E-state index contributed by atoms with van der Waals surface area (Å²) in [6.07, 6.45) is 1.29. The van der Waals surface area contributed by atoms with Gasteiger partial charge in [0, 0.05) is 19.2 Å². The summed E-state index contributed by atoms with van der Waals surface area (Å²) < 4.78 is 5.46. The van der Waals surface area contributed by atoms with Gasteiger partial charge >= 0.3 is 0 Å². The van der Waals surface area contributed by atoms with Crippen molar-refractivity contribution in [3.05, 3.63) is 17.5 Å². The van der Waals surface area contributed by atoms with Crippen LogP contribution < -0.4 is 5.32 Å². The second-order valence-corrected chi connectivity index (χ2v) is 6.79. The predicted octanol–water partition coefficient (Wildman–Crippen LogP) is 2.90. The molecule has 0 radical (unpaired) electrons. The van der Waals surface area contributed by atoms with E-state index in [1.165, 1.54) is 19.5 Å². The first-order chi connectivity index (χ1) is 9.54. The van der Waals surface area contributed by atoms with E-state index in [0.29, 0.717) is 5.92 Å². The van der Waals surface area contributed by atoms with Crippen LogP contribution >= 0.6 is 0 Å². The molecule has 4 nitrogen and oxygen atoms in total. The molecule has 1 aliphatic rings. The van der Waals surface area contributed by atoms with E-state index in [2.05, 4.69) is 49.1 Å². The molecule has 0 bridgehead atoms. The minimum absolute atomic E-state index is 0.665. The number of hydrogen-bond acceptors (Lipinski definition) is 4. The smallest absolute Gasteiger partial charge is 0.151 e. The molecule has 1 aromatic rings. The zero-order valence-electron chi connectivity index (χ0n) is 13.4. The van der Waals surface area contributed by atoms with Gasteiger partial charge in [-0.3, -0.25) is 4.90 Å². The summed E-state index contributed by atoms with van der Waals surface area (Å²) in [4.78, 5) is 2.48. The molecular weight excluding hydrogens is 250 g/mol. The number of nitrogens with zero attached hydrogens (tertiary/aromatic N) is 2. The lowest BCUT2D eigenvalue weighted by molar-refractivity contribution is 0.121. The van der Waals surface area contributed by atoms with E-state index < -0.39 is 0 Å². The van der Waals surface area contributed by atoms with E-state index in [9.17, 15) is 0 Å². The highest BCUT2D eigenvalue weighted by Crippen LogP contribution is 2.23. The van der Waals surface area contributed by atoms with E-state index in [-0.39, 0.29) is 0 Å². The summed E-state index contributed by atoms with van der Waals surface area (Å²) in [5.74, 6) is 3.28. The molecule has 1 aromatic heterocycles. The molecule has 2 atom stereocenters. The number of aromatic nitrogens is 1. The predicted molar refractivity (Wildman–Crippen MR) is 81.3 cm³/mol. The van der Waals surface area contributed by atoms with Crippen molar-refractivity contribution >= 4 is 0 Å². The van der Waals surface area contributed by atoms with Gasteiger partial charge < -0.3 is 9.84 Å². The molecule has 0 spiro atoms. The molecule has 1 aliphatic heterocycles. The van der Waals surface area contributed by atoms with Crippen LogP contribution in [0.15, 0.2) is 10.6 Å². The third-order valence-corrected chi connectivity index (χ3v) is 4.26. The lowest BCUT2D eigenvalue weighted by Gasteiger charge is -2.34. The first-order valence-corrected chi connectivity index (χ1v) is 7.92. The average Bonchev–Trinajstić information content (AvgIpc) is 2.81. The van der Waals surface area contributed by atoms with Crippen LogP contribution in [-0.4, -0.2) is 29.7 Å². The Morgan fingerprint density at radius 3 is 2.90 bits per heavy atom. The van der Waals surface area contributed by atoms with Gasteiger partial charge in [0.05, 0.1) is 12.2 Å². The number of likely N-dealkylation sites (tertiary alicyclic amines) is 1. The van der Waals surface area contributed by atoms with Crippen molar-refractivity contribution in [2.45, 2.75) is 47.2 Å². The SMILES string of the molecule is CC(C)CNCc1cc(CN2CCC(C)C(C)C2)on1. The molecule has 2 heterocycles. The van der Waals surface area contributed by atoms with E-state index in [1.807, 2.05) is 0 Å². The fourth-order valence-corrected chi connectivity index (χ4v) is 2.72. The Balaban J connectivity index is 1.78. The van der Waals surface area contributed by atoms with Gasteiger partial charge in [0.15, 0.2) is 5.76 Å². The molecule has 2 rings (SSSR count). The zero-order chi connectivity index (χ0) is 14.5. The van der Waals surface area contributed by atoms with Gasteiger partial charge in [-0.05, 0) is 37.3 Å². The van der Waals surface area contributed by atoms with Crippen LogP contribution in [0.2, 0.25) is 0 Å². The van der Waals surface area contributed by atoms with Crippen molar-refractivity contribution < 1.29 is 4.52 Å². The molecule has 1 saturated heterocycles. The highest BCUT2D eigenvalue weighted by atomic mass is 16.5. The molecule has 4 heteroatoms. The van der Waals surface area contributed by atoms with E-state index in [4.69, 9.17) is 4.52 Å². The van der Waals surface area contributed by atoms with E-state index in [1.54, 1.807) is 0 Å². The first-order valence-electron chi connectivity index (χ1n) is 7.92. The second kappa shape index (κ2) is 7.23. The molecule has 1 fully saturated rings. The summed E-state index contributed by atoms with van der Waals surface area (Å²) in [6, 6.07) is 2.09. The highest BCUT2D eigenvalue weighted by molar-refractivity contribution is 5.05. The van der Waals surface area contributed by atoms with Crippen LogP contribution in [0.3, 0.4) is 0 Å². The van der Waals surface area contributed by atoms with Crippen molar-refractivity contribution in [3.63, 3.8) is 0 Å². The largest absolute Gasteiger partial charge is 0.360 e. The van der Waals surface area contributed by atoms with Crippen LogP contribution in [0.5, 0.6) is 0 Å². The highest BCUT2D eigenvalue weighted by Gasteiger charge is 2.23. The summed E-state index contributed by atoms with van der Waals surface area (Å²) >= 11 is 0. The summed E-state index contributed by atoms with van der Waals surface area (Å²) in [5, 5.41) is 7.54. The Morgan fingerprint density at radius 2 is 2.20 bits per heavy atom. The molecule has 114 valence electrons. The van der Waals surface area contributed by atoms with Gasteiger partial charge in [-0.2, -0.15) is 0 Å². The lowest BCUT2D eigenvalue weighted by atomic mass is 9.89. The van der Waals surface area contributed by atoms with Crippen LogP contribution in [0, 0.1) is 17.8 Å². The van der Waals surface area contributed by atoms with Gasteiger partial charge in [-0.25, -0.2) is 0 Å². The normalized spacial score (nSPS) is 24.4. The maximum atomic E-state index is 5.46. The van der Waals surface area contributed by atoms with Crippen molar-refractivity contribution in [2.24, 2.45) is 17.8 Å². The monoisotopic (exact) mass is 279 g/mol. The third-order valence-electron chi connectivity index (χ3n) is 4.26. The van der Waals surface area contributed by atoms with Gasteiger partial charge in [0.2, 0.25) is 0 Å². The zero-order valence-corrected chi connectivity index (χ0v) is 13.4. The fourth-order valence-electron chi connectivity index (χ4n) is 2.72. The number of hydrogen-bond donors (Lipinski definition) is 1. The number of piperidine rings is 1. The average molecular weight is 279 g/mol. The minimum atomic E-state index is 0.665. The van der Waals surface area contributed by atoms with Crippen molar-refractivity contribution in [2.75, 3.05) is 19.6 Å². The minimum Gasteiger partial charge on any atom is -0.360 e. The van der Waals surface area contributed by atoms with Crippen LogP contribution in [0.25, 0.3) is 0 Å². The Kier molecular flexibility index (Phi) is 5.61. The van der Waals surface area contributed by atoms with Crippen molar-refractivity contribution in [1.82, 2.24) is 15.4 Å². The lowest BCUT2D eigenvalue weighted by Crippen LogP contribution is -2.37. The van der Waals surface area contributed by atoms with Crippen molar-refractivity contribution in [3.8, 4) is 0 Å². The second-order valence-electron chi connectivity index (χ2n) is 6.79. The van der Waals surface area contributed by atoms with Gasteiger partial charge in [0.25, 0.3) is 0 Å². The molecular formula is C16H29N3O. The molecule has 20 heavy (non-hydrogen) atoms. The first kappa shape index (κ1) is 15.5. The maximum absolute atomic E-state index is 5.46. The van der Waals surface area contributed by atoms with Gasteiger partial charge in [0.1, 0.15) is 0 Å². The molecule has 1 N–H and O–H groups in total. The Hall–Kier alpha value is -0.870. The summed E-state index contributed by atoms with van der Waals surface area (Å²) in [7, 11) is 0. The molecule has 0 aliphatic carbocycles. The fraction of sp³-hybridized carbons (Fsp3) is 0.812. The van der Waals surface area contributed by atoms with Gasteiger partial charge in [-0.1, -0.05) is 32.9 Å². The molecule has 0 saturated carbocycles. The molecule has 0 amide bonds. The van der Waals surface area contributed by atoms with Gasteiger partial charge in [-0.15, -0.1) is 0 Å². The molecule has 0 aromatic carbocycles. The summed E-state index contributed by atoms with van der Waals surface area (Å²) in [5.41, 5.74) is 1.01. The molecule has 2 unspecified atom stereocenters. The van der Waals surface area contributed by atoms with E-state index >= 15 is 0 Å². The Labute approximate surface area is 122 Å². The summed E-state index contributed by atoms with van der Waals surface area (Å²) in [6.45, 7) is 14.2. The van der Waals surface area contributed by atoms with Crippen LogP contribution in [-0.2, 0) is 13.1 Å². The topological polar surface area (TPSA) is 41.3 Å². The number of nitrogens with one attached hydrogen (secondary N) is 1.